The van der Waals surface area contributed by atoms with Gasteiger partial charge in [-0.25, -0.2) is 9.67 Å². The van der Waals surface area contributed by atoms with E-state index in [2.05, 4.69) is 19.9 Å². The number of anilines is 1. The zero-order valence-electron chi connectivity index (χ0n) is 17.6. The second-order valence-corrected chi connectivity index (χ2v) is 8.50. The molecule has 1 atom stereocenters. The SMILES string of the molecule is CC(F)(F)Oc1ccc(-n2nc(C3CNC3)c3c(N4CC(C(O)CO)C4)ccnc32)cc1. The summed E-state index contributed by atoms with van der Waals surface area (Å²) >= 11 is 0. The van der Waals surface area contributed by atoms with Crippen LogP contribution in [0.4, 0.5) is 14.5 Å². The van der Waals surface area contributed by atoms with E-state index in [-0.39, 0.29) is 24.2 Å². The molecule has 2 aliphatic rings. The Morgan fingerprint density at radius 3 is 2.53 bits per heavy atom. The van der Waals surface area contributed by atoms with Crippen LogP contribution in [0.25, 0.3) is 16.7 Å². The lowest BCUT2D eigenvalue weighted by Crippen LogP contribution is -2.53. The maximum atomic E-state index is 13.1. The van der Waals surface area contributed by atoms with E-state index in [1.54, 1.807) is 23.0 Å². The largest absolute Gasteiger partial charge is 0.433 e. The summed E-state index contributed by atoms with van der Waals surface area (Å²) in [5, 5.41) is 28.2. The van der Waals surface area contributed by atoms with Gasteiger partial charge in [0.15, 0.2) is 5.65 Å². The molecular weight excluding hydrogens is 420 g/mol. The number of hydrogen-bond acceptors (Lipinski definition) is 7. The maximum Gasteiger partial charge on any atom is 0.394 e. The summed E-state index contributed by atoms with van der Waals surface area (Å²) in [4.78, 5) is 6.75. The Morgan fingerprint density at radius 2 is 1.94 bits per heavy atom. The number of rotatable bonds is 7. The van der Waals surface area contributed by atoms with Crippen molar-refractivity contribution in [1.82, 2.24) is 20.1 Å². The molecule has 0 spiro atoms. The van der Waals surface area contributed by atoms with Gasteiger partial charge in [0.05, 0.1) is 35.2 Å². The predicted molar refractivity (Wildman–Crippen MR) is 115 cm³/mol. The Balaban J connectivity index is 1.52. The highest BCUT2D eigenvalue weighted by Gasteiger charge is 2.35. The minimum absolute atomic E-state index is 0.0244. The van der Waals surface area contributed by atoms with Crippen molar-refractivity contribution in [2.24, 2.45) is 5.92 Å². The van der Waals surface area contributed by atoms with Crippen LogP contribution >= 0.6 is 0 Å². The van der Waals surface area contributed by atoms with E-state index in [0.717, 1.165) is 29.9 Å². The van der Waals surface area contributed by atoms with Gasteiger partial charge in [-0.05, 0) is 30.3 Å². The molecule has 1 unspecified atom stereocenters. The summed E-state index contributed by atoms with van der Waals surface area (Å²) in [6, 6.07) is 8.30. The van der Waals surface area contributed by atoms with E-state index in [4.69, 9.17) is 5.10 Å². The number of pyridine rings is 1. The van der Waals surface area contributed by atoms with Gasteiger partial charge in [-0.2, -0.15) is 13.9 Å². The molecule has 8 nitrogen and oxygen atoms in total. The lowest BCUT2D eigenvalue weighted by Gasteiger charge is -2.43. The van der Waals surface area contributed by atoms with Crippen LogP contribution < -0.4 is 15.0 Å². The Bertz CT molecular complexity index is 1110. The second-order valence-electron chi connectivity index (χ2n) is 8.50. The van der Waals surface area contributed by atoms with Crippen LogP contribution in [-0.4, -0.2) is 70.0 Å². The summed E-state index contributed by atoms with van der Waals surface area (Å²) in [5.41, 5.74) is 3.32. The fourth-order valence-corrected chi connectivity index (χ4v) is 4.23. The van der Waals surface area contributed by atoms with Crippen LogP contribution in [0.2, 0.25) is 0 Å². The Morgan fingerprint density at radius 1 is 1.22 bits per heavy atom. The molecule has 3 aromatic rings. The van der Waals surface area contributed by atoms with Crippen molar-refractivity contribution >= 4 is 16.7 Å². The topological polar surface area (TPSA) is 95.7 Å². The normalized spacial score (nSPS) is 18.5. The predicted octanol–water partition coefficient (Wildman–Crippen LogP) is 1.89. The first-order valence-corrected chi connectivity index (χ1v) is 10.6. The third-order valence-electron chi connectivity index (χ3n) is 6.10. The number of aliphatic hydroxyl groups excluding tert-OH is 2. The standard InChI is InChI=1S/C22H25F2N5O3/c1-22(23,24)32-16-4-2-15(3-5-16)29-21-19(20(27-29)13-8-25-9-13)17(6-7-26-21)28-10-14(11-28)18(31)12-30/h2-7,13-14,18,25,30-31H,8-12H2,1H3. The highest BCUT2D eigenvalue weighted by Crippen LogP contribution is 2.38. The van der Waals surface area contributed by atoms with E-state index in [1.807, 2.05) is 6.07 Å². The molecule has 2 aliphatic heterocycles. The molecule has 0 amide bonds. The molecule has 32 heavy (non-hydrogen) atoms. The molecule has 170 valence electrons. The van der Waals surface area contributed by atoms with Crippen molar-refractivity contribution in [2.75, 3.05) is 37.7 Å². The summed E-state index contributed by atoms with van der Waals surface area (Å²) in [5.74, 6) is 0.350. The molecular formula is C22H25F2N5O3. The monoisotopic (exact) mass is 445 g/mol. The van der Waals surface area contributed by atoms with Crippen LogP contribution in [0.15, 0.2) is 36.5 Å². The molecule has 0 aliphatic carbocycles. The number of alkyl halides is 2. The first kappa shape index (κ1) is 21.0. The minimum atomic E-state index is -3.25. The van der Waals surface area contributed by atoms with Crippen LogP contribution in [0.3, 0.4) is 0 Å². The third kappa shape index (κ3) is 3.78. The van der Waals surface area contributed by atoms with Gasteiger partial charge in [-0.1, -0.05) is 0 Å². The summed E-state index contributed by atoms with van der Waals surface area (Å²) in [6.45, 7) is 3.39. The number of aliphatic hydroxyl groups is 2. The lowest BCUT2D eigenvalue weighted by atomic mass is 9.91. The number of fused-ring (bicyclic) bond motifs is 1. The van der Waals surface area contributed by atoms with Crippen molar-refractivity contribution in [1.29, 1.82) is 0 Å². The fourth-order valence-electron chi connectivity index (χ4n) is 4.23. The van der Waals surface area contributed by atoms with Crippen molar-refractivity contribution in [3.05, 3.63) is 42.2 Å². The van der Waals surface area contributed by atoms with E-state index in [1.165, 1.54) is 12.1 Å². The highest BCUT2D eigenvalue weighted by molar-refractivity contribution is 5.94. The molecule has 5 rings (SSSR count). The summed E-state index contributed by atoms with van der Waals surface area (Å²) in [6.07, 6.45) is -2.25. The zero-order chi connectivity index (χ0) is 22.5. The van der Waals surface area contributed by atoms with Gasteiger partial charge in [0, 0.05) is 51.1 Å². The van der Waals surface area contributed by atoms with E-state index in [9.17, 15) is 19.0 Å². The maximum absolute atomic E-state index is 13.1. The molecule has 10 heteroatoms. The van der Waals surface area contributed by atoms with E-state index >= 15 is 0 Å². The number of nitrogens with zero attached hydrogens (tertiary/aromatic N) is 4. The summed E-state index contributed by atoms with van der Waals surface area (Å²) in [7, 11) is 0. The molecule has 2 fully saturated rings. The number of aromatic nitrogens is 3. The van der Waals surface area contributed by atoms with Crippen molar-refractivity contribution in [3.63, 3.8) is 0 Å². The van der Waals surface area contributed by atoms with Gasteiger partial charge in [0.2, 0.25) is 0 Å². The number of hydrogen-bond donors (Lipinski definition) is 3. The molecule has 0 saturated carbocycles. The minimum Gasteiger partial charge on any atom is -0.433 e. The first-order chi connectivity index (χ1) is 15.3. The van der Waals surface area contributed by atoms with Gasteiger partial charge in [0.25, 0.3) is 0 Å². The third-order valence-corrected chi connectivity index (χ3v) is 6.10. The Labute approximate surface area is 183 Å². The summed E-state index contributed by atoms with van der Waals surface area (Å²) < 4.78 is 32.7. The van der Waals surface area contributed by atoms with Crippen LogP contribution in [0.1, 0.15) is 18.5 Å². The molecule has 0 bridgehead atoms. The number of ether oxygens (including phenoxy) is 1. The van der Waals surface area contributed by atoms with Gasteiger partial charge in [0.1, 0.15) is 5.75 Å². The Hall–Kier alpha value is -2.82. The van der Waals surface area contributed by atoms with Gasteiger partial charge < -0.3 is 25.2 Å². The first-order valence-electron chi connectivity index (χ1n) is 10.6. The molecule has 2 saturated heterocycles. The van der Waals surface area contributed by atoms with Crippen LogP contribution in [0.5, 0.6) is 5.75 Å². The molecule has 3 N–H and O–H groups in total. The quantitative estimate of drug-likeness (QED) is 0.511. The van der Waals surface area contributed by atoms with E-state index in [0.29, 0.717) is 31.3 Å². The number of nitrogens with one attached hydrogen (secondary N) is 1. The van der Waals surface area contributed by atoms with Gasteiger partial charge in [-0.15, -0.1) is 0 Å². The van der Waals surface area contributed by atoms with Gasteiger partial charge >= 0.3 is 6.11 Å². The second kappa shape index (κ2) is 7.95. The average Bonchev–Trinajstić information content (AvgIpc) is 3.05. The van der Waals surface area contributed by atoms with Crippen molar-refractivity contribution < 1.29 is 23.7 Å². The average molecular weight is 445 g/mol. The Kier molecular flexibility index (Phi) is 5.23. The fraction of sp³-hybridized carbons (Fsp3) is 0.455. The number of halogens is 2. The van der Waals surface area contributed by atoms with Crippen LogP contribution in [0, 0.1) is 5.92 Å². The molecule has 4 heterocycles. The lowest BCUT2D eigenvalue weighted by molar-refractivity contribution is -0.158. The number of benzene rings is 1. The molecule has 2 aromatic heterocycles. The van der Waals surface area contributed by atoms with Crippen LogP contribution in [-0.2, 0) is 0 Å². The smallest absolute Gasteiger partial charge is 0.394 e. The highest BCUT2D eigenvalue weighted by atomic mass is 19.3. The molecule has 0 radical (unpaired) electrons. The van der Waals surface area contributed by atoms with E-state index < -0.39 is 12.2 Å². The molecule has 1 aromatic carbocycles. The van der Waals surface area contributed by atoms with Crippen molar-refractivity contribution in [3.8, 4) is 11.4 Å². The van der Waals surface area contributed by atoms with Crippen molar-refractivity contribution in [2.45, 2.75) is 25.1 Å². The van der Waals surface area contributed by atoms with Gasteiger partial charge in [-0.3, -0.25) is 0 Å². The zero-order valence-corrected chi connectivity index (χ0v) is 17.6.